The highest BCUT2D eigenvalue weighted by Gasteiger charge is 2.51. The van der Waals surface area contributed by atoms with Crippen LogP contribution in [0.2, 0.25) is 0 Å². The van der Waals surface area contributed by atoms with Crippen molar-refractivity contribution >= 4 is 11.8 Å². The minimum atomic E-state index is -0.529. The number of pyridine rings is 1. The van der Waals surface area contributed by atoms with Crippen molar-refractivity contribution in [1.29, 1.82) is 0 Å². The Hall–Kier alpha value is -2.76. The molecule has 140 valence electrons. The van der Waals surface area contributed by atoms with Gasteiger partial charge in [-0.2, -0.15) is 0 Å². The van der Waals surface area contributed by atoms with Crippen molar-refractivity contribution in [2.45, 2.75) is 19.3 Å². The third-order valence-corrected chi connectivity index (χ3v) is 5.71. The lowest BCUT2D eigenvalue weighted by Crippen LogP contribution is -2.39. The molecule has 1 unspecified atom stereocenters. The molecule has 0 radical (unpaired) electrons. The number of aromatic nitrogens is 1. The summed E-state index contributed by atoms with van der Waals surface area (Å²) in [6, 6.07) is 11.3. The van der Waals surface area contributed by atoms with Gasteiger partial charge in [-0.3, -0.25) is 14.6 Å². The average Bonchev–Trinajstić information content (AvgIpc) is 3.26. The van der Waals surface area contributed by atoms with Crippen LogP contribution in [-0.2, 0) is 11.2 Å². The van der Waals surface area contributed by atoms with E-state index in [1.165, 1.54) is 17.8 Å². The van der Waals surface area contributed by atoms with Crippen LogP contribution < -0.4 is 0 Å². The second-order valence-corrected chi connectivity index (χ2v) is 7.43. The van der Waals surface area contributed by atoms with Gasteiger partial charge in [-0.1, -0.05) is 30.3 Å². The molecule has 0 saturated carbocycles. The summed E-state index contributed by atoms with van der Waals surface area (Å²) in [5.74, 6) is -0.640. The van der Waals surface area contributed by atoms with Crippen LogP contribution in [-0.4, -0.2) is 52.8 Å². The Morgan fingerprint density at radius 1 is 1.15 bits per heavy atom. The van der Waals surface area contributed by atoms with Crippen molar-refractivity contribution in [2.24, 2.45) is 5.41 Å². The van der Waals surface area contributed by atoms with E-state index in [1.807, 2.05) is 23.1 Å². The minimum absolute atomic E-state index is 0.145. The topological polar surface area (TPSA) is 53.5 Å². The first-order valence-electron chi connectivity index (χ1n) is 9.31. The van der Waals surface area contributed by atoms with Crippen LogP contribution in [0.4, 0.5) is 4.39 Å². The molecule has 2 amide bonds. The molecule has 1 aromatic heterocycles. The van der Waals surface area contributed by atoms with E-state index in [0.29, 0.717) is 26.1 Å². The lowest BCUT2D eigenvalue weighted by Gasteiger charge is -2.23. The Morgan fingerprint density at radius 3 is 2.70 bits per heavy atom. The van der Waals surface area contributed by atoms with Gasteiger partial charge in [-0.15, -0.1) is 0 Å². The Labute approximate surface area is 157 Å². The summed E-state index contributed by atoms with van der Waals surface area (Å²) in [5, 5.41) is 0. The highest BCUT2D eigenvalue weighted by molar-refractivity contribution is 5.95. The minimum Gasteiger partial charge on any atom is -0.342 e. The highest BCUT2D eigenvalue weighted by atomic mass is 19.1. The number of halogens is 1. The van der Waals surface area contributed by atoms with Crippen LogP contribution in [0.25, 0.3) is 0 Å². The Bertz CT molecular complexity index is 858. The van der Waals surface area contributed by atoms with E-state index >= 15 is 0 Å². The number of benzene rings is 1. The van der Waals surface area contributed by atoms with Crippen molar-refractivity contribution < 1.29 is 14.0 Å². The third-order valence-electron chi connectivity index (χ3n) is 5.71. The van der Waals surface area contributed by atoms with Crippen molar-refractivity contribution in [3.63, 3.8) is 0 Å². The first-order chi connectivity index (χ1) is 13.1. The number of rotatable bonds is 4. The first-order valence-corrected chi connectivity index (χ1v) is 9.31. The van der Waals surface area contributed by atoms with E-state index < -0.39 is 11.2 Å². The molecule has 3 heterocycles. The molecule has 2 fully saturated rings. The maximum Gasteiger partial charge on any atom is 0.255 e. The number of amides is 2. The maximum atomic E-state index is 13.4. The zero-order chi connectivity index (χ0) is 18.9. The fourth-order valence-electron chi connectivity index (χ4n) is 4.15. The van der Waals surface area contributed by atoms with Gasteiger partial charge < -0.3 is 9.80 Å². The van der Waals surface area contributed by atoms with Crippen molar-refractivity contribution in [3.05, 3.63) is 65.7 Å². The van der Waals surface area contributed by atoms with E-state index in [-0.39, 0.29) is 17.4 Å². The zero-order valence-electron chi connectivity index (χ0n) is 15.1. The number of carbonyl (C=O) groups is 2. The standard InChI is InChI=1S/C21H22FN3O2/c22-18-12-17(13-23-14-18)19(26)25-11-8-21(15-25)7-10-24(20(21)27)9-6-16-4-2-1-3-5-16/h1-5,12-14H,6-11,15H2. The fourth-order valence-corrected chi connectivity index (χ4v) is 4.15. The van der Waals surface area contributed by atoms with Crippen molar-refractivity contribution in [1.82, 2.24) is 14.8 Å². The van der Waals surface area contributed by atoms with E-state index in [1.54, 1.807) is 4.90 Å². The summed E-state index contributed by atoms with van der Waals surface area (Å²) < 4.78 is 13.4. The van der Waals surface area contributed by atoms with Crippen molar-refractivity contribution in [2.75, 3.05) is 26.2 Å². The molecular weight excluding hydrogens is 345 g/mol. The molecule has 5 nitrogen and oxygen atoms in total. The lowest BCUT2D eigenvalue weighted by molar-refractivity contribution is -0.135. The summed E-state index contributed by atoms with van der Waals surface area (Å²) in [6.07, 6.45) is 4.72. The van der Waals surface area contributed by atoms with Gasteiger partial charge in [0.15, 0.2) is 0 Å². The summed E-state index contributed by atoms with van der Waals surface area (Å²) in [5.41, 5.74) is 0.971. The monoisotopic (exact) mass is 367 g/mol. The molecule has 1 atom stereocenters. The summed E-state index contributed by atoms with van der Waals surface area (Å²) in [6.45, 7) is 2.36. The molecule has 6 heteroatoms. The molecule has 0 aliphatic carbocycles. The smallest absolute Gasteiger partial charge is 0.255 e. The van der Waals surface area contributed by atoms with Gasteiger partial charge in [0.1, 0.15) is 5.82 Å². The molecule has 0 N–H and O–H groups in total. The summed E-state index contributed by atoms with van der Waals surface area (Å²) in [7, 11) is 0. The van der Waals surface area contributed by atoms with E-state index in [9.17, 15) is 14.0 Å². The highest BCUT2D eigenvalue weighted by Crippen LogP contribution is 2.41. The molecule has 2 saturated heterocycles. The summed E-state index contributed by atoms with van der Waals surface area (Å²) in [4.78, 5) is 33.0. The second-order valence-electron chi connectivity index (χ2n) is 7.43. The number of hydrogen-bond acceptors (Lipinski definition) is 3. The molecule has 0 bridgehead atoms. The number of hydrogen-bond donors (Lipinski definition) is 0. The normalized spacial score (nSPS) is 22.0. The predicted octanol–water partition coefficient (Wildman–Crippen LogP) is 2.53. The molecule has 2 aliphatic heterocycles. The number of nitrogens with zero attached hydrogens (tertiary/aromatic N) is 3. The van der Waals surface area contributed by atoms with Gasteiger partial charge in [-0.05, 0) is 30.9 Å². The van der Waals surface area contributed by atoms with Gasteiger partial charge in [0.05, 0.1) is 17.2 Å². The first kappa shape index (κ1) is 17.6. The van der Waals surface area contributed by atoms with Gasteiger partial charge >= 0.3 is 0 Å². The summed E-state index contributed by atoms with van der Waals surface area (Å²) >= 11 is 0. The van der Waals surface area contributed by atoms with Crippen LogP contribution in [0.5, 0.6) is 0 Å². The van der Waals surface area contributed by atoms with E-state index in [2.05, 4.69) is 17.1 Å². The van der Waals surface area contributed by atoms with E-state index in [4.69, 9.17) is 0 Å². The molecule has 1 aromatic carbocycles. The lowest BCUT2D eigenvalue weighted by atomic mass is 9.85. The van der Waals surface area contributed by atoms with Gasteiger partial charge in [0, 0.05) is 32.4 Å². The van der Waals surface area contributed by atoms with Crippen LogP contribution in [0, 0.1) is 11.2 Å². The van der Waals surface area contributed by atoms with Crippen molar-refractivity contribution in [3.8, 4) is 0 Å². The van der Waals surface area contributed by atoms with Gasteiger partial charge in [0.25, 0.3) is 5.91 Å². The van der Waals surface area contributed by atoms with Crippen LogP contribution in [0.1, 0.15) is 28.8 Å². The largest absolute Gasteiger partial charge is 0.342 e. The Morgan fingerprint density at radius 2 is 1.93 bits per heavy atom. The van der Waals surface area contributed by atoms with Gasteiger partial charge in [-0.25, -0.2) is 4.39 Å². The molecule has 27 heavy (non-hydrogen) atoms. The Balaban J connectivity index is 1.40. The van der Waals surface area contributed by atoms with Crippen LogP contribution in [0.15, 0.2) is 48.8 Å². The molecule has 4 rings (SSSR count). The third kappa shape index (κ3) is 3.44. The number of carbonyl (C=O) groups excluding carboxylic acids is 2. The van der Waals surface area contributed by atoms with Crippen LogP contribution in [0.3, 0.4) is 0 Å². The maximum absolute atomic E-state index is 13.4. The molecule has 2 aromatic rings. The van der Waals surface area contributed by atoms with Gasteiger partial charge in [0.2, 0.25) is 5.91 Å². The SMILES string of the molecule is O=C(c1cncc(F)c1)N1CCC2(CCN(CCc3ccccc3)C2=O)C1. The van der Waals surface area contributed by atoms with Crippen LogP contribution >= 0.6 is 0 Å². The zero-order valence-corrected chi connectivity index (χ0v) is 15.1. The number of likely N-dealkylation sites (tertiary alicyclic amines) is 2. The molecule has 2 aliphatic rings. The second kappa shape index (κ2) is 7.10. The molecule has 1 spiro atoms. The average molecular weight is 367 g/mol. The van der Waals surface area contributed by atoms with E-state index in [0.717, 1.165) is 25.6 Å². The Kier molecular flexibility index (Phi) is 4.64. The quantitative estimate of drug-likeness (QED) is 0.834. The fraction of sp³-hybridized carbons (Fsp3) is 0.381. The molecular formula is C21H22FN3O2. The predicted molar refractivity (Wildman–Crippen MR) is 98.5 cm³/mol.